The molecule has 1 aromatic heterocycles. The van der Waals surface area contributed by atoms with E-state index in [1.54, 1.807) is 24.5 Å². The Balaban J connectivity index is 1.98. The quantitative estimate of drug-likeness (QED) is 0.513. The Morgan fingerprint density at radius 1 is 1.12 bits per heavy atom. The van der Waals surface area contributed by atoms with Gasteiger partial charge in [0.1, 0.15) is 5.76 Å². The second-order valence-corrected chi connectivity index (χ2v) is 5.61. The highest BCUT2D eigenvalue weighted by Crippen LogP contribution is 2.23. The maximum absolute atomic E-state index is 13.0. The Kier molecular flexibility index (Phi) is 4.61. The molecule has 6 heteroatoms. The number of non-ortho nitro benzene ring substituents is 1. The summed E-state index contributed by atoms with van der Waals surface area (Å²) < 4.78 is 5.36. The number of carbonyl (C=O) groups excluding carboxylic acids is 1. The second kappa shape index (κ2) is 7.00. The van der Waals surface area contributed by atoms with Gasteiger partial charge >= 0.3 is 0 Å². The molecule has 1 amide bonds. The zero-order valence-corrected chi connectivity index (χ0v) is 13.6. The van der Waals surface area contributed by atoms with Crippen LogP contribution in [0.5, 0.6) is 0 Å². The summed E-state index contributed by atoms with van der Waals surface area (Å²) in [5.41, 5.74) is 1.90. The normalized spacial score (nSPS) is 10.4. The fourth-order valence-electron chi connectivity index (χ4n) is 2.47. The number of anilines is 1. The van der Waals surface area contributed by atoms with Crippen LogP contribution in [0.4, 0.5) is 11.4 Å². The summed E-state index contributed by atoms with van der Waals surface area (Å²) >= 11 is 0. The Hall–Kier alpha value is -3.41. The van der Waals surface area contributed by atoms with Crippen LogP contribution in [0.25, 0.3) is 0 Å². The largest absolute Gasteiger partial charge is 0.467 e. The van der Waals surface area contributed by atoms with Gasteiger partial charge in [0.25, 0.3) is 11.6 Å². The van der Waals surface area contributed by atoms with Crippen molar-refractivity contribution in [1.29, 1.82) is 0 Å². The second-order valence-electron chi connectivity index (χ2n) is 5.61. The van der Waals surface area contributed by atoms with E-state index in [0.717, 1.165) is 5.56 Å². The lowest BCUT2D eigenvalue weighted by Gasteiger charge is -2.22. The number of nitro benzene ring substituents is 1. The van der Waals surface area contributed by atoms with Gasteiger partial charge in [0.05, 0.1) is 17.7 Å². The van der Waals surface area contributed by atoms with Gasteiger partial charge in [-0.25, -0.2) is 0 Å². The molecular weight excluding hydrogens is 320 g/mol. The minimum Gasteiger partial charge on any atom is -0.467 e. The van der Waals surface area contributed by atoms with Crippen molar-refractivity contribution in [1.82, 2.24) is 0 Å². The molecule has 0 unspecified atom stereocenters. The van der Waals surface area contributed by atoms with Gasteiger partial charge in [-0.05, 0) is 37.3 Å². The van der Waals surface area contributed by atoms with Crippen LogP contribution in [-0.2, 0) is 6.54 Å². The van der Waals surface area contributed by atoms with Crippen molar-refractivity contribution >= 4 is 17.3 Å². The van der Waals surface area contributed by atoms with Crippen LogP contribution in [0.15, 0.2) is 71.3 Å². The van der Waals surface area contributed by atoms with Crippen LogP contribution >= 0.6 is 0 Å². The van der Waals surface area contributed by atoms with Gasteiger partial charge < -0.3 is 9.32 Å². The number of furan rings is 1. The molecule has 0 aliphatic rings. The molecular formula is C19H16N2O4. The van der Waals surface area contributed by atoms with Crippen LogP contribution in [-0.4, -0.2) is 10.8 Å². The molecule has 6 nitrogen and oxygen atoms in total. The molecule has 126 valence electrons. The number of amides is 1. The fraction of sp³-hybridized carbons (Fsp3) is 0.105. The topological polar surface area (TPSA) is 76.6 Å². The lowest BCUT2D eigenvalue weighted by Crippen LogP contribution is -2.30. The Morgan fingerprint density at radius 3 is 2.52 bits per heavy atom. The Bertz CT molecular complexity index is 886. The molecule has 0 aliphatic heterocycles. The first-order valence-corrected chi connectivity index (χ1v) is 7.70. The van der Waals surface area contributed by atoms with E-state index in [1.807, 2.05) is 31.2 Å². The van der Waals surface area contributed by atoms with Gasteiger partial charge in [-0.2, -0.15) is 0 Å². The van der Waals surface area contributed by atoms with Crippen molar-refractivity contribution in [3.63, 3.8) is 0 Å². The van der Waals surface area contributed by atoms with Gasteiger partial charge in [0, 0.05) is 23.4 Å². The van der Waals surface area contributed by atoms with Crippen LogP contribution < -0.4 is 4.90 Å². The van der Waals surface area contributed by atoms with Crippen molar-refractivity contribution in [3.8, 4) is 0 Å². The lowest BCUT2D eigenvalue weighted by molar-refractivity contribution is -0.384. The standard InChI is InChI=1S/C19H16N2O4/c1-14-7-9-16(10-8-14)20(13-18-6-3-11-25-18)19(22)15-4-2-5-17(12-15)21(23)24/h2-12H,13H2,1H3. The number of carbonyl (C=O) groups is 1. The van der Waals surface area contributed by atoms with E-state index in [-0.39, 0.29) is 23.7 Å². The van der Waals surface area contributed by atoms with E-state index in [9.17, 15) is 14.9 Å². The van der Waals surface area contributed by atoms with Crippen LogP contribution in [0.1, 0.15) is 21.7 Å². The summed E-state index contributed by atoms with van der Waals surface area (Å²) in [6.07, 6.45) is 1.54. The number of aryl methyl sites for hydroxylation is 1. The molecule has 0 atom stereocenters. The molecule has 0 spiro atoms. The highest BCUT2D eigenvalue weighted by atomic mass is 16.6. The molecule has 25 heavy (non-hydrogen) atoms. The summed E-state index contributed by atoms with van der Waals surface area (Å²) in [7, 11) is 0. The highest BCUT2D eigenvalue weighted by molar-refractivity contribution is 6.06. The monoisotopic (exact) mass is 336 g/mol. The summed E-state index contributed by atoms with van der Waals surface area (Å²) in [5.74, 6) is 0.295. The molecule has 3 aromatic rings. The molecule has 0 aliphatic carbocycles. The maximum atomic E-state index is 13.0. The molecule has 0 saturated heterocycles. The third kappa shape index (κ3) is 3.74. The van der Waals surface area contributed by atoms with Crippen LogP contribution in [0.3, 0.4) is 0 Å². The number of hydrogen-bond acceptors (Lipinski definition) is 4. The SMILES string of the molecule is Cc1ccc(N(Cc2ccco2)C(=O)c2cccc([N+](=O)[O-])c2)cc1. The molecule has 1 heterocycles. The number of benzene rings is 2. The molecule has 0 bridgehead atoms. The van der Waals surface area contributed by atoms with Crippen molar-refractivity contribution < 1.29 is 14.1 Å². The zero-order valence-electron chi connectivity index (χ0n) is 13.6. The summed E-state index contributed by atoms with van der Waals surface area (Å²) in [6.45, 7) is 2.20. The molecule has 0 N–H and O–H groups in total. The van der Waals surface area contributed by atoms with Crippen molar-refractivity contribution in [2.24, 2.45) is 0 Å². The van der Waals surface area contributed by atoms with Crippen molar-refractivity contribution in [2.45, 2.75) is 13.5 Å². The Labute approximate surface area is 144 Å². The zero-order chi connectivity index (χ0) is 17.8. The minimum absolute atomic E-state index is 0.118. The third-order valence-electron chi connectivity index (χ3n) is 3.79. The van der Waals surface area contributed by atoms with E-state index in [0.29, 0.717) is 11.4 Å². The number of nitrogens with zero attached hydrogens (tertiary/aromatic N) is 2. The van der Waals surface area contributed by atoms with Gasteiger partial charge in [-0.1, -0.05) is 23.8 Å². The van der Waals surface area contributed by atoms with Gasteiger partial charge in [-0.3, -0.25) is 14.9 Å². The predicted octanol–water partition coefficient (Wildman–Crippen LogP) is 4.34. The first-order valence-electron chi connectivity index (χ1n) is 7.70. The molecule has 0 radical (unpaired) electrons. The Morgan fingerprint density at radius 2 is 1.88 bits per heavy atom. The van der Waals surface area contributed by atoms with E-state index >= 15 is 0 Å². The third-order valence-corrected chi connectivity index (χ3v) is 3.79. The summed E-state index contributed by atoms with van der Waals surface area (Å²) in [4.78, 5) is 25.0. The van der Waals surface area contributed by atoms with Crippen LogP contribution in [0.2, 0.25) is 0 Å². The molecule has 0 saturated carbocycles. The van der Waals surface area contributed by atoms with Gasteiger partial charge in [-0.15, -0.1) is 0 Å². The summed E-state index contributed by atoms with van der Waals surface area (Å²) in [5, 5.41) is 11.0. The predicted molar refractivity (Wildman–Crippen MR) is 93.5 cm³/mol. The molecule has 3 rings (SSSR count). The molecule has 0 fully saturated rings. The minimum atomic E-state index is -0.514. The maximum Gasteiger partial charge on any atom is 0.270 e. The smallest absolute Gasteiger partial charge is 0.270 e. The van der Waals surface area contributed by atoms with Crippen molar-refractivity contribution in [3.05, 3.63) is 93.9 Å². The average Bonchev–Trinajstić information content (AvgIpc) is 3.13. The lowest BCUT2D eigenvalue weighted by atomic mass is 10.1. The molecule has 2 aromatic carbocycles. The number of hydrogen-bond donors (Lipinski definition) is 0. The fourth-order valence-corrected chi connectivity index (χ4v) is 2.47. The van der Waals surface area contributed by atoms with E-state index in [1.165, 1.54) is 23.1 Å². The number of nitro groups is 1. The van der Waals surface area contributed by atoms with Crippen LogP contribution in [0, 0.1) is 17.0 Å². The average molecular weight is 336 g/mol. The van der Waals surface area contributed by atoms with Gasteiger partial charge in [0.2, 0.25) is 0 Å². The first kappa shape index (κ1) is 16.4. The van der Waals surface area contributed by atoms with E-state index < -0.39 is 4.92 Å². The van der Waals surface area contributed by atoms with Crippen molar-refractivity contribution in [2.75, 3.05) is 4.90 Å². The highest BCUT2D eigenvalue weighted by Gasteiger charge is 2.21. The summed E-state index contributed by atoms with van der Waals surface area (Å²) in [6, 6.07) is 16.7. The first-order chi connectivity index (χ1) is 12.0. The van der Waals surface area contributed by atoms with E-state index in [2.05, 4.69) is 0 Å². The van der Waals surface area contributed by atoms with Gasteiger partial charge in [0.15, 0.2) is 0 Å². The van der Waals surface area contributed by atoms with E-state index in [4.69, 9.17) is 4.42 Å². The number of rotatable bonds is 5.